The molecule has 27 heavy (non-hydrogen) atoms. The number of benzene rings is 2. The third kappa shape index (κ3) is 4.20. The number of rotatable bonds is 7. The smallest absolute Gasteiger partial charge is 0.191 e. The van der Waals surface area contributed by atoms with Crippen LogP contribution in [0.1, 0.15) is 23.9 Å². The molecule has 0 aliphatic rings. The molecule has 0 bridgehead atoms. The van der Waals surface area contributed by atoms with Gasteiger partial charge in [0.25, 0.3) is 0 Å². The van der Waals surface area contributed by atoms with Gasteiger partial charge in [-0.25, -0.2) is 4.98 Å². The van der Waals surface area contributed by atoms with Crippen LogP contribution in [0.2, 0.25) is 0 Å². The topological polar surface area (TPSA) is 43.6 Å². The Labute approximate surface area is 171 Å². The van der Waals surface area contributed by atoms with Crippen molar-refractivity contribution < 1.29 is 0 Å². The Morgan fingerprint density at radius 3 is 2.59 bits per heavy atom. The second kappa shape index (κ2) is 8.46. The highest BCUT2D eigenvalue weighted by molar-refractivity contribution is 8.00. The van der Waals surface area contributed by atoms with Crippen molar-refractivity contribution in [2.24, 2.45) is 0 Å². The lowest BCUT2D eigenvalue weighted by molar-refractivity contribution is 0.659. The molecule has 4 aromatic rings. The Balaban J connectivity index is 1.45. The lowest BCUT2D eigenvalue weighted by Crippen LogP contribution is -2.02. The van der Waals surface area contributed by atoms with E-state index in [0.717, 1.165) is 38.9 Å². The first-order chi connectivity index (χ1) is 13.2. The Bertz CT molecular complexity index is 1020. The predicted molar refractivity (Wildman–Crippen MR) is 116 cm³/mol. The predicted octanol–water partition coefficient (Wildman–Crippen LogP) is 5.80. The molecule has 7 heteroatoms. The number of aryl methyl sites for hydroxylation is 1. The van der Waals surface area contributed by atoms with E-state index >= 15 is 0 Å². The fraction of sp³-hybridized carbons (Fsp3) is 0.250. The SMILES string of the molecule is CCn1c(CSc2nc3ccccc3s2)nnc1SCc1ccccc1C. The van der Waals surface area contributed by atoms with Crippen LogP contribution < -0.4 is 0 Å². The average Bonchev–Trinajstić information content (AvgIpc) is 3.28. The van der Waals surface area contributed by atoms with Crippen molar-refractivity contribution in [1.29, 1.82) is 0 Å². The van der Waals surface area contributed by atoms with Gasteiger partial charge in [-0.05, 0) is 37.1 Å². The Kier molecular flexibility index (Phi) is 5.80. The number of thioether (sulfide) groups is 2. The van der Waals surface area contributed by atoms with E-state index in [-0.39, 0.29) is 0 Å². The third-order valence-electron chi connectivity index (χ3n) is 4.33. The van der Waals surface area contributed by atoms with Crippen molar-refractivity contribution >= 4 is 45.1 Å². The molecule has 0 N–H and O–H groups in total. The number of nitrogens with zero attached hydrogens (tertiary/aromatic N) is 4. The van der Waals surface area contributed by atoms with Crippen molar-refractivity contribution in [3.63, 3.8) is 0 Å². The maximum Gasteiger partial charge on any atom is 0.191 e. The van der Waals surface area contributed by atoms with Gasteiger partial charge in [-0.2, -0.15) is 0 Å². The summed E-state index contributed by atoms with van der Waals surface area (Å²) in [6.07, 6.45) is 0. The van der Waals surface area contributed by atoms with Gasteiger partial charge in [0, 0.05) is 12.3 Å². The molecule has 0 spiro atoms. The van der Waals surface area contributed by atoms with Gasteiger partial charge < -0.3 is 4.57 Å². The molecule has 0 aliphatic carbocycles. The number of thiazole rings is 1. The third-order valence-corrected chi connectivity index (χ3v) is 7.52. The first kappa shape index (κ1) is 18.5. The number of para-hydroxylation sites is 1. The summed E-state index contributed by atoms with van der Waals surface area (Å²) in [7, 11) is 0. The van der Waals surface area contributed by atoms with Crippen LogP contribution in [-0.4, -0.2) is 19.7 Å². The molecule has 2 aromatic heterocycles. The monoisotopic (exact) mass is 412 g/mol. The lowest BCUT2D eigenvalue weighted by Gasteiger charge is -2.08. The molecule has 2 aromatic carbocycles. The second-order valence-electron chi connectivity index (χ2n) is 6.09. The van der Waals surface area contributed by atoms with Gasteiger partial charge in [0.05, 0.1) is 16.0 Å². The lowest BCUT2D eigenvalue weighted by atomic mass is 10.1. The van der Waals surface area contributed by atoms with Crippen LogP contribution in [0, 0.1) is 6.92 Å². The summed E-state index contributed by atoms with van der Waals surface area (Å²) < 4.78 is 4.52. The summed E-state index contributed by atoms with van der Waals surface area (Å²) in [4.78, 5) is 4.69. The standard InChI is InChI=1S/C20H20N4S3/c1-3-24-18(13-26-20-21-16-10-6-7-11-17(16)27-20)22-23-19(24)25-12-15-9-5-4-8-14(15)2/h4-11H,3,12-13H2,1-2H3. The Morgan fingerprint density at radius 1 is 0.963 bits per heavy atom. The number of hydrogen-bond donors (Lipinski definition) is 0. The van der Waals surface area contributed by atoms with E-state index < -0.39 is 0 Å². The van der Waals surface area contributed by atoms with Crippen LogP contribution in [0.15, 0.2) is 58.0 Å². The quantitative estimate of drug-likeness (QED) is 0.359. The Hall–Kier alpha value is -1.83. The summed E-state index contributed by atoms with van der Waals surface area (Å²) in [6, 6.07) is 16.8. The average molecular weight is 413 g/mol. The van der Waals surface area contributed by atoms with Gasteiger partial charge >= 0.3 is 0 Å². The molecule has 0 radical (unpaired) electrons. The van der Waals surface area contributed by atoms with Crippen LogP contribution in [0.4, 0.5) is 0 Å². The van der Waals surface area contributed by atoms with Crippen LogP contribution >= 0.6 is 34.9 Å². The molecule has 0 fully saturated rings. The Morgan fingerprint density at radius 2 is 1.78 bits per heavy atom. The summed E-state index contributed by atoms with van der Waals surface area (Å²) in [5.41, 5.74) is 3.73. The van der Waals surface area contributed by atoms with E-state index in [0.29, 0.717) is 0 Å². The maximum absolute atomic E-state index is 4.69. The van der Waals surface area contributed by atoms with Gasteiger partial charge in [0.15, 0.2) is 9.50 Å². The van der Waals surface area contributed by atoms with Gasteiger partial charge in [0.1, 0.15) is 5.82 Å². The molecule has 138 valence electrons. The van der Waals surface area contributed by atoms with E-state index in [2.05, 4.69) is 71.1 Å². The van der Waals surface area contributed by atoms with Gasteiger partial charge in [0.2, 0.25) is 0 Å². The largest absolute Gasteiger partial charge is 0.306 e. The van der Waals surface area contributed by atoms with E-state index in [9.17, 15) is 0 Å². The first-order valence-electron chi connectivity index (χ1n) is 8.82. The van der Waals surface area contributed by atoms with E-state index in [1.807, 2.05) is 6.07 Å². The van der Waals surface area contributed by atoms with Crippen molar-refractivity contribution in [3.05, 3.63) is 65.5 Å². The molecular formula is C20H20N4S3. The molecule has 0 saturated heterocycles. The molecule has 2 heterocycles. The molecule has 4 nitrogen and oxygen atoms in total. The van der Waals surface area contributed by atoms with E-state index in [1.165, 1.54) is 15.8 Å². The summed E-state index contributed by atoms with van der Waals surface area (Å²) >= 11 is 5.22. The summed E-state index contributed by atoms with van der Waals surface area (Å²) in [5, 5.41) is 9.86. The van der Waals surface area contributed by atoms with Crippen LogP contribution in [-0.2, 0) is 18.1 Å². The second-order valence-corrected chi connectivity index (χ2v) is 9.29. The summed E-state index contributed by atoms with van der Waals surface area (Å²) in [6.45, 7) is 5.17. The normalized spacial score (nSPS) is 11.3. The highest BCUT2D eigenvalue weighted by Gasteiger charge is 2.13. The van der Waals surface area contributed by atoms with Crippen LogP contribution in [0.25, 0.3) is 10.2 Å². The van der Waals surface area contributed by atoms with E-state index in [1.54, 1.807) is 34.9 Å². The zero-order valence-corrected chi connectivity index (χ0v) is 17.7. The van der Waals surface area contributed by atoms with Crippen molar-refractivity contribution in [3.8, 4) is 0 Å². The molecule has 4 rings (SSSR count). The highest BCUT2D eigenvalue weighted by atomic mass is 32.2. The fourth-order valence-corrected chi connectivity index (χ4v) is 5.91. The molecular weight excluding hydrogens is 392 g/mol. The zero-order chi connectivity index (χ0) is 18.6. The number of fused-ring (bicyclic) bond motifs is 1. The molecule has 0 aliphatic heterocycles. The van der Waals surface area contributed by atoms with Crippen molar-refractivity contribution in [2.75, 3.05) is 0 Å². The van der Waals surface area contributed by atoms with Crippen LogP contribution in [0.5, 0.6) is 0 Å². The van der Waals surface area contributed by atoms with Crippen molar-refractivity contribution in [2.45, 2.75) is 41.4 Å². The van der Waals surface area contributed by atoms with Gasteiger partial charge in [-0.3, -0.25) is 0 Å². The van der Waals surface area contributed by atoms with E-state index in [4.69, 9.17) is 4.98 Å². The first-order valence-corrected chi connectivity index (χ1v) is 11.6. The molecule has 0 amide bonds. The maximum atomic E-state index is 4.69. The molecule has 0 atom stereocenters. The minimum atomic E-state index is 0.783. The zero-order valence-electron chi connectivity index (χ0n) is 15.3. The minimum absolute atomic E-state index is 0.783. The number of hydrogen-bond acceptors (Lipinski definition) is 6. The molecule has 0 saturated carbocycles. The highest BCUT2D eigenvalue weighted by Crippen LogP contribution is 2.32. The van der Waals surface area contributed by atoms with Crippen molar-refractivity contribution in [1.82, 2.24) is 19.7 Å². The fourth-order valence-electron chi connectivity index (χ4n) is 2.80. The van der Waals surface area contributed by atoms with Crippen LogP contribution in [0.3, 0.4) is 0 Å². The molecule has 0 unspecified atom stereocenters. The number of aromatic nitrogens is 4. The van der Waals surface area contributed by atoms with Gasteiger partial charge in [-0.15, -0.1) is 21.5 Å². The van der Waals surface area contributed by atoms with Gasteiger partial charge in [-0.1, -0.05) is 59.9 Å². The minimum Gasteiger partial charge on any atom is -0.306 e. The summed E-state index contributed by atoms with van der Waals surface area (Å²) in [5.74, 6) is 2.70.